The fourth-order valence-electron chi connectivity index (χ4n) is 0.770. The summed E-state index contributed by atoms with van der Waals surface area (Å²) in [6, 6.07) is 2.89. The van der Waals surface area contributed by atoms with Crippen molar-refractivity contribution in [1.29, 1.82) is 0 Å². The molecule has 0 aromatic carbocycles. The lowest BCUT2D eigenvalue weighted by molar-refractivity contribution is 0.562. The summed E-state index contributed by atoms with van der Waals surface area (Å²) in [4.78, 5) is 16.8. The largest absolute Gasteiger partial charge is 0.258 e. The van der Waals surface area contributed by atoms with Crippen molar-refractivity contribution in [2.75, 3.05) is 6.54 Å². The minimum absolute atomic E-state index is 0.349. The molecule has 0 bridgehead atoms. The van der Waals surface area contributed by atoms with Crippen LogP contribution in [0.25, 0.3) is 0 Å². The molecule has 0 saturated carbocycles. The average Bonchev–Trinajstić information content (AvgIpc) is 2.09. The summed E-state index contributed by atoms with van der Waals surface area (Å²) in [5.41, 5.74) is 0.718. The fraction of sp³-hybridized carbons (Fsp3) is 0.250. The van der Waals surface area contributed by atoms with Crippen LogP contribution < -0.4 is 0 Å². The van der Waals surface area contributed by atoms with E-state index in [1.165, 1.54) is 12.1 Å². The third-order valence-electron chi connectivity index (χ3n) is 1.33. The summed E-state index contributed by atoms with van der Waals surface area (Å²) >= 11 is 0. The van der Waals surface area contributed by atoms with Crippen LogP contribution in [0.15, 0.2) is 23.3 Å². The smallest absolute Gasteiger partial charge is 0.234 e. The molecule has 1 aromatic heterocycles. The van der Waals surface area contributed by atoms with Gasteiger partial charge in [-0.1, -0.05) is 0 Å². The van der Waals surface area contributed by atoms with Crippen LogP contribution in [0, 0.1) is 5.82 Å². The molecule has 12 heavy (non-hydrogen) atoms. The normalized spacial score (nSPS) is 9.08. The monoisotopic (exact) mass is 166 g/mol. The van der Waals surface area contributed by atoms with Crippen LogP contribution in [-0.4, -0.2) is 17.6 Å². The highest BCUT2D eigenvalue weighted by molar-refractivity contribution is 5.32. The number of isocyanates is 1. The Morgan fingerprint density at radius 1 is 1.58 bits per heavy atom. The Bertz CT molecular complexity index is 290. The maximum absolute atomic E-state index is 12.3. The van der Waals surface area contributed by atoms with E-state index in [4.69, 9.17) is 0 Å². The number of aromatic nitrogens is 1. The van der Waals surface area contributed by atoms with E-state index in [-0.39, 0.29) is 5.82 Å². The van der Waals surface area contributed by atoms with Crippen molar-refractivity contribution in [2.45, 2.75) is 6.42 Å². The lowest BCUT2D eigenvalue weighted by Crippen LogP contribution is -1.93. The number of rotatable bonds is 3. The number of aliphatic imine (C=N–C) groups is 1. The van der Waals surface area contributed by atoms with Gasteiger partial charge in [-0.3, -0.25) is 4.98 Å². The molecule has 4 heteroatoms. The highest BCUT2D eigenvalue weighted by Gasteiger charge is 1.93. The molecule has 0 amide bonds. The Hall–Kier alpha value is -1.54. The van der Waals surface area contributed by atoms with Crippen molar-refractivity contribution in [3.05, 3.63) is 29.8 Å². The Morgan fingerprint density at radius 2 is 2.42 bits per heavy atom. The van der Waals surface area contributed by atoms with Gasteiger partial charge in [0.05, 0.1) is 12.7 Å². The number of hydrogen-bond acceptors (Lipinski definition) is 3. The molecule has 1 heterocycles. The summed E-state index contributed by atoms with van der Waals surface area (Å²) in [6.45, 7) is 0.349. The van der Waals surface area contributed by atoms with Gasteiger partial charge < -0.3 is 0 Å². The van der Waals surface area contributed by atoms with Crippen LogP contribution in [0.4, 0.5) is 4.39 Å². The average molecular weight is 166 g/mol. The molecule has 0 fully saturated rings. The van der Waals surface area contributed by atoms with Gasteiger partial charge in [0.15, 0.2) is 0 Å². The molecule has 0 N–H and O–H groups in total. The number of carbonyl (C=O) groups excluding carboxylic acids is 1. The van der Waals surface area contributed by atoms with E-state index in [1.807, 2.05) is 0 Å². The lowest BCUT2D eigenvalue weighted by Gasteiger charge is -1.94. The van der Waals surface area contributed by atoms with Crippen LogP contribution in [-0.2, 0) is 11.2 Å². The molecule has 0 aliphatic carbocycles. The highest BCUT2D eigenvalue weighted by atomic mass is 19.1. The van der Waals surface area contributed by atoms with Gasteiger partial charge in [-0.25, -0.2) is 14.2 Å². The van der Waals surface area contributed by atoms with Gasteiger partial charge >= 0.3 is 0 Å². The van der Waals surface area contributed by atoms with Gasteiger partial charge in [0.2, 0.25) is 6.08 Å². The van der Waals surface area contributed by atoms with E-state index in [1.54, 1.807) is 6.07 Å². The van der Waals surface area contributed by atoms with E-state index >= 15 is 0 Å². The maximum Gasteiger partial charge on any atom is 0.234 e. The van der Waals surface area contributed by atoms with E-state index < -0.39 is 0 Å². The fourth-order valence-corrected chi connectivity index (χ4v) is 0.770. The van der Waals surface area contributed by atoms with Gasteiger partial charge in [-0.15, -0.1) is 0 Å². The molecule has 0 aliphatic heterocycles. The third-order valence-corrected chi connectivity index (χ3v) is 1.33. The van der Waals surface area contributed by atoms with Gasteiger partial charge in [0.1, 0.15) is 5.82 Å². The van der Waals surface area contributed by atoms with Gasteiger partial charge in [0, 0.05) is 12.1 Å². The minimum atomic E-state index is -0.363. The van der Waals surface area contributed by atoms with Crippen molar-refractivity contribution in [2.24, 2.45) is 4.99 Å². The van der Waals surface area contributed by atoms with Crippen molar-refractivity contribution < 1.29 is 9.18 Å². The van der Waals surface area contributed by atoms with E-state index in [9.17, 15) is 9.18 Å². The molecule has 0 aliphatic rings. The molecular formula is C8H7FN2O. The summed E-state index contributed by atoms with van der Waals surface area (Å²) in [6.07, 6.45) is 3.10. The first kappa shape index (κ1) is 8.56. The highest BCUT2D eigenvalue weighted by Crippen LogP contribution is 1.98. The molecule has 62 valence electrons. The van der Waals surface area contributed by atoms with E-state index in [0.29, 0.717) is 13.0 Å². The van der Waals surface area contributed by atoms with Crippen LogP contribution in [0.3, 0.4) is 0 Å². The second-order valence-electron chi connectivity index (χ2n) is 2.19. The zero-order valence-corrected chi connectivity index (χ0v) is 6.33. The first-order valence-corrected chi connectivity index (χ1v) is 3.47. The summed E-state index contributed by atoms with van der Waals surface area (Å²) < 4.78 is 12.3. The van der Waals surface area contributed by atoms with Gasteiger partial charge in [0.25, 0.3) is 0 Å². The third kappa shape index (κ3) is 2.60. The first-order chi connectivity index (χ1) is 5.83. The molecule has 0 radical (unpaired) electrons. The Labute approximate surface area is 69.0 Å². The minimum Gasteiger partial charge on any atom is -0.258 e. The summed E-state index contributed by atoms with van der Waals surface area (Å²) in [7, 11) is 0. The number of hydrogen-bond donors (Lipinski definition) is 0. The van der Waals surface area contributed by atoms with Crippen molar-refractivity contribution in [1.82, 2.24) is 4.98 Å². The Morgan fingerprint density at radius 3 is 3.00 bits per heavy atom. The van der Waals surface area contributed by atoms with Crippen molar-refractivity contribution in [3.63, 3.8) is 0 Å². The first-order valence-electron chi connectivity index (χ1n) is 3.47. The van der Waals surface area contributed by atoms with Crippen molar-refractivity contribution in [3.8, 4) is 0 Å². The van der Waals surface area contributed by atoms with Gasteiger partial charge in [-0.05, 0) is 12.1 Å². The van der Waals surface area contributed by atoms with Crippen molar-refractivity contribution >= 4 is 6.08 Å². The number of nitrogens with zero attached hydrogens (tertiary/aromatic N) is 2. The molecule has 3 nitrogen and oxygen atoms in total. The Kier molecular flexibility index (Phi) is 3.11. The van der Waals surface area contributed by atoms with E-state index in [2.05, 4.69) is 9.98 Å². The molecule has 0 unspecified atom stereocenters. The summed E-state index contributed by atoms with van der Waals surface area (Å²) in [5.74, 6) is -0.363. The topological polar surface area (TPSA) is 42.3 Å². The number of halogens is 1. The molecule has 0 saturated heterocycles. The molecular weight excluding hydrogens is 159 g/mol. The predicted molar refractivity (Wildman–Crippen MR) is 40.9 cm³/mol. The van der Waals surface area contributed by atoms with Crippen LogP contribution in [0.5, 0.6) is 0 Å². The SMILES string of the molecule is O=C=NCCc1ccc(F)cn1. The Balaban J connectivity index is 2.53. The maximum atomic E-state index is 12.3. The molecule has 1 aromatic rings. The second kappa shape index (κ2) is 4.36. The lowest BCUT2D eigenvalue weighted by atomic mass is 10.3. The summed E-state index contributed by atoms with van der Waals surface area (Å²) in [5, 5.41) is 0. The zero-order valence-electron chi connectivity index (χ0n) is 6.33. The quantitative estimate of drug-likeness (QED) is 0.498. The number of pyridine rings is 1. The molecule has 1 rings (SSSR count). The standard InChI is InChI=1S/C8H7FN2O/c9-7-1-2-8(11-5-7)3-4-10-6-12/h1-2,5H,3-4H2. The predicted octanol–water partition coefficient (Wildman–Crippen LogP) is 1.10. The van der Waals surface area contributed by atoms with Crippen LogP contribution in [0.1, 0.15) is 5.69 Å². The van der Waals surface area contributed by atoms with Gasteiger partial charge in [-0.2, -0.15) is 0 Å². The molecule has 0 atom stereocenters. The zero-order chi connectivity index (χ0) is 8.81. The van der Waals surface area contributed by atoms with E-state index in [0.717, 1.165) is 11.9 Å². The van der Waals surface area contributed by atoms with Crippen LogP contribution in [0.2, 0.25) is 0 Å². The molecule has 0 spiro atoms. The van der Waals surface area contributed by atoms with Crippen LogP contribution >= 0.6 is 0 Å². The second-order valence-corrected chi connectivity index (χ2v) is 2.19.